The lowest BCUT2D eigenvalue weighted by Crippen LogP contribution is -2.28. The number of aliphatic hydroxyl groups is 1. The lowest BCUT2D eigenvalue weighted by molar-refractivity contribution is -0.161. The van der Waals surface area contributed by atoms with Crippen LogP contribution in [0.2, 0.25) is 0 Å². The Morgan fingerprint density at radius 2 is 0.581 bits per heavy atom. The van der Waals surface area contributed by atoms with Gasteiger partial charge in [0.1, 0.15) is 6.61 Å². The van der Waals surface area contributed by atoms with Gasteiger partial charge in [-0.15, -0.1) is 0 Å². The molecular formula is C69H124O5. The molecule has 0 aliphatic rings. The fourth-order valence-corrected chi connectivity index (χ4v) is 9.64. The highest BCUT2D eigenvalue weighted by molar-refractivity contribution is 5.70. The average molecular weight is 1030 g/mol. The van der Waals surface area contributed by atoms with Gasteiger partial charge in [0, 0.05) is 12.8 Å². The first-order valence-electron chi connectivity index (χ1n) is 32.5. The van der Waals surface area contributed by atoms with E-state index < -0.39 is 6.10 Å². The zero-order chi connectivity index (χ0) is 53.4. The van der Waals surface area contributed by atoms with Gasteiger partial charge in [-0.3, -0.25) is 9.59 Å². The highest BCUT2D eigenvalue weighted by atomic mass is 16.6. The first kappa shape index (κ1) is 71.3. The van der Waals surface area contributed by atoms with Crippen molar-refractivity contribution in [2.24, 2.45) is 0 Å². The SMILES string of the molecule is CC/C=C\C/C=C\C/C=C\C/C=C\CCCCCCCCCCCCC(=O)OC(CO)COC(=O)CCCCCCCCCCCCCCCCCCCCCCCCCCC/C=C\C/C=C\CCCCCCC. The van der Waals surface area contributed by atoms with Gasteiger partial charge in [0.25, 0.3) is 0 Å². The molecular weight excluding hydrogens is 909 g/mol. The Bertz CT molecular complexity index is 1310. The van der Waals surface area contributed by atoms with E-state index in [2.05, 4.69) is 86.8 Å². The second kappa shape index (κ2) is 64.6. The summed E-state index contributed by atoms with van der Waals surface area (Å²) in [6.45, 7) is 4.05. The largest absolute Gasteiger partial charge is 0.462 e. The van der Waals surface area contributed by atoms with Gasteiger partial charge in [-0.1, -0.05) is 311 Å². The number of unbranched alkanes of at least 4 members (excludes halogenated alkanes) is 40. The Balaban J connectivity index is 3.41. The fourth-order valence-electron chi connectivity index (χ4n) is 9.64. The number of hydrogen-bond donors (Lipinski definition) is 1. The summed E-state index contributed by atoms with van der Waals surface area (Å²) in [5.74, 6) is -0.582. The fraction of sp³-hybridized carbons (Fsp3) is 0.797. The van der Waals surface area contributed by atoms with Crippen LogP contribution in [0.3, 0.4) is 0 Å². The minimum absolute atomic E-state index is 0.0661. The topological polar surface area (TPSA) is 72.8 Å². The van der Waals surface area contributed by atoms with Gasteiger partial charge >= 0.3 is 11.9 Å². The molecule has 0 saturated heterocycles. The Hall–Kier alpha value is -2.66. The summed E-state index contributed by atoms with van der Waals surface area (Å²) in [5.41, 5.74) is 0. The third kappa shape index (κ3) is 61.9. The predicted octanol–water partition coefficient (Wildman–Crippen LogP) is 22.3. The van der Waals surface area contributed by atoms with Gasteiger partial charge in [0.05, 0.1) is 6.61 Å². The van der Waals surface area contributed by atoms with Crippen molar-refractivity contribution in [3.05, 3.63) is 72.9 Å². The van der Waals surface area contributed by atoms with Crippen LogP contribution in [0.15, 0.2) is 72.9 Å². The van der Waals surface area contributed by atoms with Crippen LogP contribution in [0.4, 0.5) is 0 Å². The summed E-state index contributed by atoms with van der Waals surface area (Å²) in [5, 5.41) is 9.68. The molecule has 0 amide bonds. The zero-order valence-corrected chi connectivity index (χ0v) is 49.4. The Labute approximate surface area is 461 Å². The summed E-state index contributed by atoms with van der Waals surface area (Å²) in [4.78, 5) is 24.6. The highest BCUT2D eigenvalue weighted by Gasteiger charge is 2.16. The number of hydrogen-bond acceptors (Lipinski definition) is 5. The number of esters is 2. The lowest BCUT2D eigenvalue weighted by Gasteiger charge is -2.15. The van der Waals surface area contributed by atoms with Crippen molar-refractivity contribution in [1.29, 1.82) is 0 Å². The predicted molar refractivity (Wildman–Crippen MR) is 325 cm³/mol. The molecule has 0 aromatic carbocycles. The second-order valence-electron chi connectivity index (χ2n) is 21.8. The third-order valence-electron chi connectivity index (χ3n) is 14.5. The Kier molecular flexibility index (Phi) is 62.3. The van der Waals surface area contributed by atoms with Gasteiger partial charge in [0.15, 0.2) is 6.10 Å². The van der Waals surface area contributed by atoms with Crippen molar-refractivity contribution < 1.29 is 24.2 Å². The molecule has 5 nitrogen and oxygen atoms in total. The van der Waals surface area contributed by atoms with Crippen molar-refractivity contribution in [2.75, 3.05) is 13.2 Å². The molecule has 0 aromatic rings. The molecule has 74 heavy (non-hydrogen) atoms. The first-order valence-corrected chi connectivity index (χ1v) is 32.5. The molecule has 0 aliphatic heterocycles. The van der Waals surface area contributed by atoms with E-state index in [9.17, 15) is 14.7 Å². The Morgan fingerprint density at radius 1 is 0.324 bits per heavy atom. The molecule has 1 unspecified atom stereocenters. The lowest BCUT2D eigenvalue weighted by atomic mass is 10.0. The minimum Gasteiger partial charge on any atom is -0.462 e. The number of carbonyl (C=O) groups is 2. The first-order chi connectivity index (χ1) is 36.6. The van der Waals surface area contributed by atoms with Crippen LogP contribution in [-0.4, -0.2) is 36.4 Å². The van der Waals surface area contributed by atoms with Gasteiger partial charge in [0.2, 0.25) is 0 Å². The number of aliphatic hydroxyl groups excluding tert-OH is 1. The minimum atomic E-state index is -0.777. The van der Waals surface area contributed by atoms with Gasteiger partial charge in [-0.2, -0.15) is 0 Å². The molecule has 0 fully saturated rings. The summed E-state index contributed by atoms with van der Waals surface area (Å²) < 4.78 is 10.7. The molecule has 0 spiro atoms. The number of allylic oxidation sites excluding steroid dienone is 12. The van der Waals surface area contributed by atoms with E-state index in [1.807, 2.05) is 0 Å². The standard InChI is InChI=1S/C69H124O5/c1-3-5-7-9-11-13-15-17-19-21-23-25-27-28-29-30-31-32-33-34-35-36-37-38-39-40-42-43-45-47-49-51-53-55-57-59-61-63-68(71)73-66-67(65-70)74-69(72)64-62-60-58-56-54-52-50-48-46-44-41-26-24-22-20-18-16-14-12-10-8-6-4-2/h6,8,12,14-15,17-18,20-21,23-24,26,67,70H,3-5,7,9-11,13,16,19,22,25,27-66H2,1-2H3/b8-6-,14-12-,17-15-,20-18-,23-21-,26-24-. The van der Waals surface area contributed by atoms with Crippen molar-refractivity contribution in [3.63, 3.8) is 0 Å². The van der Waals surface area contributed by atoms with Gasteiger partial charge < -0.3 is 14.6 Å². The van der Waals surface area contributed by atoms with E-state index in [1.54, 1.807) is 0 Å². The van der Waals surface area contributed by atoms with Crippen molar-refractivity contribution >= 4 is 11.9 Å². The molecule has 0 rings (SSSR count). The molecule has 0 radical (unpaired) electrons. The molecule has 0 saturated carbocycles. The third-order valence-corrected chi connectivity index (χ3v) is 14.5. The van der Waals surface area contributed by atoms with Gasteiger partial charge in [-0.05, 0) is 83.5 Å². The van der Waals surface area contributed by atoms with E-state index in [4.69, 9.17) is 9.47 Å². The van der Waals surface area contributed by atoms with Crippen molar-refractivity contribution in [2.45, 2.75) is 341 Å². The van der Waals surface area contributed by atoms with Crippen LogP contribution < -0.4 is 0 Å². The zero-order valence-electron chi connectivity index (χ0n) is 49.4. The van der Waals surface area contributed by atoms with Gasteiger partial charge in [-0.25, -0.2) is 0 Å². The summed E-state index contributed by atoms with van der Waals surface area (Å²) in [6.07, 6.45) is 89.2. The number of carbonyl (C=O) groups excluding carboxylic acids is 2. The average Bonchev–Trinajstić information content (AvgIpc) is 3.40. The normalized spacial score (nSPS) is 12.6. The molecule has 5 heteroatoms. The van der Waals surface area contributed by atoms with Crippen LogP contribution in [-0.2, 0) is 19.1 Å². The molecule has 0 aliphatic carbocycles. The number of ether oxygens (including phenoxy) is 2. The van der Waals surface area contributed by atoms with Crippen LogP contribution in [0.25, 0.3) is 0 Å². The number of rotatable bonds is 60. The molecule has 0 aromatic heterocycles. The molecule has 0 heterocycles. The maximum atomic E-state index is 12.3. The molecule has 1 N–H and O–H groups in total. The summed E-state index contributed by atoms with van der Waals surface area (Å²) in [7, 11) is 0. The maximum Gasteiger partial charge on any atom is 0.306 e. The molecule has 0 bridgehead atoms. The molecule has 1 atom stereocenters. The smallest absolute Gasteiger partial charge is 0.306 e. The van der Waals surface area contributed by atoms with E-state index in [-0.39, 0.29) is 25.2 Å². The Morgan fingerprint density at radius 3 is 0.878 bits per heavy atom. The van der Waals surface area contributed by atoms with E-state index >= 15 is 0 Å². The monoisotopic (exact) mass is 1030 g/mol. The quantitative estimate of drug-likeness (QED) is 0.0373. The second-order valence-corrected chi connectivity index (χ2v) is 21.8. The van der Waals surface area contributed by atoms with Crippen molar-refractivity contribution in [3.8, 4) is 0 Å². The van der Waals surface area contributed by atoms with E-state index in [0.29, 0.717) is 12.8 Å². The highest BCUT2D eigenvalue weighted by Crippen LogP contribution is 2.18. The van der Waals surface area contributed by atoms with E-state index in [1.165, 1.54) is 238 Å². The molecule has 430 valence electrons. The van der Waals surface area contributed by atoms with Crippen LogP contribution >= 0.6 is 0 Å². The van der Waals surface area contributed by atoms with E-state index in [0.717, 1.165) is 70.6 Å². The van der Waals surface area contributed by atoms with Crippen LogP contribution in [0.1, 0.15) is 335 Å². The van der Waals surface area contributed by atoms with Crippen LogP contribution in [0.5, 0.6) is 0 Å². The maximum absolute atomic E-state index is 12.3. The summed E-state index contributed by atoms with van der Waals surface area (Å²) in [6, 6.07) is 0. The van der Waals surface area contributed by atoms with Crippen molar-refractivity contribution in [1.82, 2.24) is 0 Å². The van der Waals surface area contributed by atoms with Crippen LogP contribution in [0, 0.1) is 0 Å². The summed E-state index contributed by atoms with van der Waals surface area (Å²) >= 11 is 0.